The van der Waals surface area contributed by atoms with Crippen molar-refractivity contribution in [1.82, 2.24) is 5.32 Å². The average Bonchev–Trinajstić information content (AvgIpc) is 2.68. The zero-order valence-electron chi connectivity index (χ0n) is 18.8. The van der Waals surface area contributed by atoms with Gasteiger partial charge in [0, 0.05) is 26.4 Å². The molecule has 2 aliphatic rings. The maximum Gasteiger partial charge on any atom is 0.220 e. The van der Waals surface area contributed by atoms with Gasteiger partial charge in [-0.05, 0) is 78.6 Å². The molecule has 1 amide bonds. The summed E-state index contributed by atoms with van der Waals surface area (Å²) in [5.74, 6) is 0.614. The topological polar surface area (TPSA) is 64.6 Å². The van der Waals surface area contributed by atoms with Gasteiger partial charge in [-0.1, -0.05) is 13.8 Å². The molecule has 0 aliphatic heterocycles. The number of carbonyl (C=O) groups excluding carboxylic acids is 2. The monoisotopic (exact) mass is 399 g/mol. The van der Waals surface area contributed by atoms with Gasteiger partial charge in [0.05, 0.1) is 18.3 Å². The molecule has 0 bridgehead atoms. The van der Waals surface area contributed by atoms with E-state index in [1.165, 1.54) is 0 Å². The molecule has 0 aromatic carbocycles. The molecule has 0 radical (unpaired) electrons. The van der Waals surface area contributed by atoms with Crippen LogP contribution in [0.4, 0.5) is 0 Å². The Labute approximate surface area is 173 Å². The third-order valence-corrected chi connectivity index (χ3v) is 5.65. The lowest BCUT2D eigenvalue weighted by Crippen LogP contribution is -2.38. The Morgan fingerprint density at radius 1 is 0.964 bits per heavy atom. The SMILES string of the molecule is CC.CC(=O)C1CCC(NC(=O)CCCOC2CCC(OC(C)C)CC2)CC1.[HH]. The summed E-state index contributed by atoms with van der Waals surface area (Å²) in [5, 5.41) is 3.12. The van der Waals surface area contributed by atoms with Crippen molar-refractivity contribution in [2.45, 2.75) is 123 Å². The smallest absolute Gasteiger partial charge is 0.220 e. The Morgan fingerprint density at radius 2 is 1.54 bits per heavy atom. The zero-order valence-corrected chi connectivity index (χ0v) is 18.8. The molecule has 0 aromatic heterocycles. The molecule has 2 fully saturated rings. The maximum absolute atomic E-state index is 12.1. The molecule has 0 spiro atoms. The van der Waals surface area contributed by atoms with E-state index in [4.69, 9.17) is 9.47 Å². The first-order valence-electron chi connectivity index (χ1n) is 11.5. The van der Waals surface area contributed by atoms with Gasteiger partial charge in [-0.25, -0.2) is 0 Å². The van der Waals surface area contributed by atoms with Gasteiger partial charge in [-0.2, -0.15) is 0 Å². The summed E-state index contributed by atoms with van der Waals surface area (Å²) in [5.41, 5.74) is 0. The van der Waals surface area contributed by atoms with Crippen molar-refractivity contribution in [1.29, 1.82) is 0 Å². The van der Waals surface area contributed by atoms with Crippen LogP contribution < -0.4 is 5.32 Å². The van der Waals surface area contributed by atoms with E-state index in [-0.39, 0.29) is 25.1 Å². The van der Waals surface area contributed by atoms with Crippen molar-refractivity contribution < 1.29 is 20.5 Å². The molecule has 166 valence electrons. The van der Waals surface area contributed by atoms with Crippen LogP contribution in [-0.4, -0.2) is 42.7 Å². The predicted octanol–water partition coefficient (Wildman–Crippen LogP) is 5.06. The van der Waals surface area contributed by atoms with Gasteiger partial charge in [0.15, 0.2) is 0 Å². The van der Waals surface area contributed by atoms with Crippen LogP contribution in [0.15, 0.2) is 0 Å². The number of carbonyl (C=O) groups is 2. The molecule has 5 heteroatoms. The summed E-state index contributed by atoms with van der Waals surface area (Å²) in [7, 11) is 0. The average molecular weight is 400 g/mol. The number of hydrogen-bond donors (Lipinski definition) is 1. The summed E-state index contributed by atoms with van der Waals surface area (Å²) in [6, 6.07) is 0.246. The first-order chi connectivity index (χ1) is 13.4. The third kappa shape index (κ3) is 10.0. The molecule has 1 N–H and O–H groups in total. The molecule has 28 heavy (non-hydrogen) atoms. The van der Waals surface area contributed by atoms with E-state index in [9.17, 15) is 9.59 Å². The Bertz CT molecular complexity index is 442. The number of ether oxygens (including phenoxy) is 2. The number of rotatable bonds is 9. The van der Waals surface area contributed by atoms with Crippen LogP contribution in [0.3, 0.4) is 0 Å². The Kier molecular flexibility index (Phi) is 12.6. The fourth-order valence-electron chi connectivity index (χ4n) is 4.15. The van der Waals surface area contributed by atoms with E-state index in [0.717, 1.165) is 57.8 Å². The Hall–Kier alpha value is -0.940. The van der Waals surface area contributed by atoms with Crippen molar-refractivity contribution >= 4 is 11.7 Å². The first-order valence-corrected chi connectivity index (χ1v) is 11.5. The van der Waals surface area contributed by atoms with Crippen LogP contribution in [0.2, 0.25) is 0 Å². The summed E-state index contributed by atoms with van der Waals surface area (Å²) < 4.78 is 11.8. The quantitative estimate of drug-likeness (QED) is 0.551. The van der Waals surface area contributed by atoms with Gasteiger partial charge in [0.25, 0.3) is 0 Å². The first kappa shape index (κ1) is 25.1. The van der Waals surface area contributed by atoms with E-state index < -0.39 is 0 Å². The van der Waals surface area contributed by atoms with Gasteiger partial charge in [-0.15, -0.1) is 0 Å². The van der Waals surface area contributed by atoms with Crippen molar-refractivity contribution in [3.05, 3.63) is 0 Å². The molecular formula is C23H45NO4. The van der Waals surface area contributed by atoms with Gasteiger partial charge in [0.1, 0.15) is 5.78 Å². The van der Waals surface area contributed by atoms with Gasteiger partial charge in [0.2, 0.25) is 5.91 Å². The van der Waals surface area contributed by atoms with E-state index in [2.05, 4.69) is 19.2 Å². The lowest BCUT2D eigenvalue weighted by Gasteiger charge is -2.30. The molecule has 0 unspecified atom stereocenters. The van der Waals surface area contributed by atoms with Gasteiger partial charge < -0.3 is 14.8 Å². The lowest BCUT2D eigenvalue weighted by molar-refractivity contribution is -0.123. The van der Waals surface area contributed by atoms with Crippen molar-refractivity contribution in [2.24, 2.45) is 5.92 Å². The van der Waals surface area contributed by atoms with E-state index in [1.807, 2.05) is 13.8 Å². The van der Waals surface area contributed by atoms with Crippen LogP contribution in [0, 0.1) is 5.92 Å². The summed E-state index contributed by atoms with van der Waals surface area (Å²) in [4.78, 5) is 23.5. The lowest BCUT2D eigenvalue weighted by atomic mass is 9.84. The molecule has 0 aromatic rings. The molecule has 5 nitrogen and oxygen atoms in total. The normalized spacial score (nSPS) is 27.6. The highest BCUT2D eigenvalue weighted by Crippen LogP contribution is 2.26. The minimum absolute atomic E-state index is 0. The molecule has 2 rings (SSSR count). The fourth-order valence-corrected chi connectivity index (χ4v) is 4.15. The minimum Gasteiger partial charge on any atom is -0.378 e. The largest absolute Gasteiger partial charge is 0.378 e. The number of nitrogens with one attached hydrogen (secondary N) is 1. The minimum atomic E-state index is 0. The van der Waals surface area contributed by atoms with Crippen molar-refractivity contribution in [3.8, 4) is 0 Å². The van der Waals surface area contributed by atoms with Crippen LogP contribution >= 0.6 is 0 Å². The summed E-state index contributed by atoms with van der Waals surface area (Å²) >= 11 is 0. The highest BCUT2D eigenvalue weighted by Gasteiger charge is 2.25. The third-order valence-electron chi connectivity index (χ3n) is 5.65. The zero-order chi connectivity index (χ0) is 20.9. The van der Waals surface area contributed by atoms with Crippen molar-refractivity contribution in [3.63, 3.8) is 0 Å². The van der Waals surface area contributed by atoms with Gasteiger partial charge >= 0.3 is 0 Å². The second-order valence-corrected chi connectivity index (χ2v) is 8.28. The number of amides is 1. The molecule has 2 saturated carbocycles. The molecular weight excluding hydrogens is 354 g/mol. The highest BCUT2D eigenvalue weighted by molar-refractivity contribution is 5.78. The summed E-state index contributed by atoms with van der Waals surface area (Å²) in [6.45, 7) is 10.5. The van der Waals surface area contributed by atoms with E-state index >= 15 is 0 Å². The van der Waals surface area contributed by atoms with E-state index in [1.54, 1.807) is 6.92 Å². The standard InChI is InChI=1S/C21H37NO4.C2H6.H2/c1-15(2)26-20-12-10-19(11-13-20)25-14-4-5-21(24)22-18-8-6-17(7-9-18)16(3)23;1-2;/h15,17-20H,4-14H2,1-3H3,(H,22,24);1-2H3;1H. The van der Waals surface area contributed by atoms with Crippen LogP contribution in [0.1, 0.15) is 100 Å². The summed E-state index contributed by atoms with van der Waals surface area (Å²) in [6.07, 6.45) is 10.3. The molecule has 2 aliphatic carbocycles. The van der Waals surface area contributed by atoms with Crippen LogP contribution in [0.25, 0.3) is 0 Å². The number of hydrogen-bond acceptors (Lipinski definition) is 4. The fraction of sp³-hybridized carbons (Fsp3) is 0.913. The van der Waals surface area contributed by atoms with Crippen molar-refractivity contribution in [2.75, 3.05) is 6.61 Å². The molecule has 0 saturated heterocycles. The molecule has 0 atom stereocenters. The number of Topliss-reactive ketones (excluding diaryl/α,β-unsaturated/α-hetero) is 1. The van der Waals surface area contributed by atoms with Crippen LogP contribution in [-0.2, 0) is 19.1 Å². The van der Waals surface area contributed by atoms with Crippen LogP contribution in [0.5, 0.6) is 0 Å². The van der Waals surface area contributed by atoms with Gasteiger partial charge in [-0.3, -0.25) is 9.59 Å². The maximum atomic E-state index is 12.1. The highest BCUT2D eigenvalue weighted by atomic mass is 16.5. The van der Waals surface area contributed by atoms with E-state index in [0.29, 0.717) is 31.3 Å². The second kappa shape index (κ2) is 14.1. The Morgan fingerprint density at radius 3 is 2.07 bits per heavy atom. The number of ketones is 1. The Balaban J connectivity index is 0.00000253. The second-order valence-electron chi connectivity index (χ2n) is 8.28. The predicted molar refractivity (Wildman–Crippen MR) is 115 cm³/mol. The molecule has 0 heterocycles.